The van der Waals surface area contributed by atoms with Gasteiger partial charge in [0.15, 0.2) is 0 Å². The molecule has 0 bridgehead atoms. The Morgan fingerprint density at radius 3 is 2.67 bits per heavy atom. The number of hydrogen-bond acceptors (Lipinski definition) is 3. The van der Waals surface area contributed by atoms with Crippen molar-refractivity contribution < 1.29 is 27.9 Å². The number of carbonyl (C=O) groups is 2. The lowest BCUT2D eigenvalue weighted by atomic mass is 9.96. The number of aliphatic carboxylic acids is 1. The lowest BCUT2D eigenvalue weighted by molar-refractivity contribution is -0.187. The van der Waals surface area contributed by atoms with Crippen LogP contribution in [-0.2, 0) is 11.2 Å². The first kappa shape index (κ1) is 18.1. The second kappa shape index (κ2) is 7.10. The molecular formula is C14H19F3N4O3. The molecule has 1 saturated heterocycles. The SMILES string of the molecule is Cc1[nH]ncc1CCCNC(=O)N1C[C@@H](C(F)(F)F)[C@H](C(=O)O)C1. The highest BCUT2D eigenvalue weighted by molar-refractivity contribution is 5.77. The van der Waals surface area contributed by atoms with E-state index in [0.717, 1.165) is 16.2 Å². The minimum Gasteiger partial charge on any atom is -0.481 e. The summed E-state index contributed by atoms with van der Waals surface area (Å²) >= 11 is 0. The normalized spacial score (nSPS) is 21.1. The number of aromatic nitrogens is 2. The summed E-state index contributed by atoms with van der Waals surface area (Å²) in [7, 11) is 0. The van der Waals surface area contributed by atoms with Gasteiger partial charge in [0, 0.05) is 25.3 Å². The summed E-state index contributed by atoms with van der Waals surface area (Å²) in [6.45, 7) is 1.09. The maximum Gasteiger partial charge on any atom is 0.394 e. The first-order valence-corrected chi connectivity index (χ1v) is 7.51. The molecule has 1 aliphatic rings. The van der Waals surface area contributed by atoms with Gasteiger partial charge in [-0.05, 0) is 25.3 Å². The van der Waals surface area contributed by atoms with Gasteiger partial charge in [-0.15, -0.1) is 0 Å². The van der Waals surface area contributed by atoms with E-state index in [1.165, 1.54) is 0 Å². The summed E-state index contributed by atoms with van der Waals surface area (Å²) in [6, 6.07) is -0.670. The van der Waals surface area contributed by atoms with Gasteiger partial charge in [0.1, 0.15) is 0 Å². The molecule has 7 nitrogen and oxygen atoms in total. The molecule has 1 aliphatic heterocycles. The minimum absolute atomic E-state index is 0.286. The third-order valence-electron chi connectivity index (χ3n) is 4.18. The van der Waals surface area contributed by atoms with E-state index in [1.54, 1.807) is 6.20 Å². The van der Waals surface area contributed by atoms with Crippen LogP contribution >= 0.6 is 0 Å². The number of nitrogens with zero attached hydrogens (tertiary/aromatic N) is 2. The molecule has 134 valence electrons. The molecule has 2 heterocycles. The van der Waals surface area contributed by atoms with Gasteiger partial charge in [0.05, 0.1) is 18.0 Å². The number of nitrogens with one attached hydrogen (secondary N) is 2. The largest absolute Gasteiger partial charge is 0.481 e. The van der Waals surface area contributed by atoms with E-state index >= 15 is 0 Å². The predicted octanol–water partition coefficient (Wildman–Crippen LogP) is 1.56. The molecule has 10 heteroatoms. The Balaban J connectivity index is 1.82. The molecule has 2 atom stereocenters. The molecular weight excluding hydrogens is 329 g/mol. The number of likely N-dealkylation sites (tertiary alicyclic amines) is 1. The summed E-state index contributed by atoms with van der Waals surface area (Å²) in [5, 5.41) is 18.1. The molecule has 1 aromatic heterocycles. The molecule has 0 unspecified atom stereocenters. The Hall–Kier alpha value is -2.26. The van der Waals surface area contributed by atoms with Crippen LogP contribution in [0.25, 0.3) is 0 Å². The average Bonchev–Trinajstić information content (AvgIpc) is 3.09. The zero-order valence-corrected chi connectivity index (χ0v) is 13.1. The number of aryl methyl sites for hydroxylation is 2. The van der Waals surface area contributed by atoms with E-state index in [-0.39, 0.29) is 6.54 Å². The number of aromatic amines is 1. The van der Waals surface area contributed by atoms with Crippen LogP contribution in [0.4, 0.5) is 18.0 Å². The fourth-order valence-corrected chi connectivity index (χ4v) is 2.77. The van der Waals surface area contributed by atoms with Crippen molar-refractivity contribution in [3.63, 3.8) is 0 Å². The van der Waals surface area contributed by atoms with Crippen molar-refractivity contribution in [2.75, 3.05) is 19.6 Å². The van der Waals surface area contributed by atoms with Crippen molar-refractivity contribution in [3.8, 4) is 0 Å². The van der Waals surface area contributed by atoms with Crippen LogP contribution in [0.2, 0.25) is 0 Å². The molecule has 1 fully saturated rings. The summed E-state index contributed by atoms with van der Waals surface area (Å²) in [5.74, 6) is -5.19. The Kier molecular flexibility index (Phi) is 5.35. The molecule has 3 N–H and O–H groups in total. The molecule has 2 rings (SSSR count). The summed E-state index contributed by atoms with van der Waals surface area (Å²) in [5.41, 5.74) is 1.94. The van der Waals surface area contributed by atoms with Crippen LogP contribution in [0, 0.1) is 18.8 Å². The third-order valence-corrected chi connectivity index (χ3v) is 4.18. The van der Waals surface area contributed by atoms with Gasteiger partial charge >= 0.3 is 18.2 Å². The lowest BCUT2D eigenvalue weighted by Crippen LogP contribution is -2.40. The predicted molar refractivity (Wildman–Crippen MR) is 77.3 cm³/mol. The second-order valence-electron chi connectivity index (χ2n) is 5.85. The molecule has 0 saturated carbocycles. The molecule has 0 aliphatic carbocycles. The quantitative estimate of drug-likeness (QED) is 0.703. The lowest BCUT2D eigenvalue weighted by Gasteiger charge is -2.18. The molecule has 0 radical (unpaired) electrons. The van der Waals surface area contributed by atoms with Crippen LogP contribution in [0.1, 0.15) is 17.7 Å². The van der Waals surface area contributed by atoms with E-state index in [0.29, 0.717) is 12.8 Å². The summed E-state index contributed by atoms with van der Waals surface area (Å²) in [4.78, 5) is 23.9. The molecule has 2 amide bonds. The van der Waals surface area contributed by atoms with E-state index < -0.39 is 43.1 Å². The number of carbonyl (C=O) groups excluding carboxylic acids is 1. The van der Waals surface area contributed by atoms with Crippen molar-refractivity contribution in [2.45, 2.75) is 25.9 Å². The van der Waals surface area contributed by atoms with Crippen molar-refractivity contribution in [1.82, 2.24) is 20.4 Å². The zero-order chi connectivity index (χ0) is 17.9. The number of hydrogen-bond donors (Lipinski definition) is 3. The number of H-pyrrole nitrogens is 1. The van der Waals surface area contributed by atoms with Crippen LogP contribution in [0.3, 0.4) is 0 Å². The van der Waals surface area contributed by atoms with Crippen molar-refractivity contribution in [1.29, 1.82) is 0 Å². The smallest absolute Gasteiger partial charge is 0.394 e. The van der Waals surface area contributed by atoms with E-state index in [2.05, 4.69) is 15.5 Å². The second-order valence-corrected chi connectivity index (χ2v) is 5.85. The van der Waals surface area contributed by atoms with Crippen molar-refractivity contribution in [2.24, 2.45) is 11.8 Å². The van der Waals surface area contributed by atoms with Gasteiger partial charge in [-0.2, -0.15) is 18.3 Å². The van der Waals surface area contributed by atoms with Crippen LogP contribution < -0.4 is 5.32 Å². The Bertz CT molecular complexity index is 602. The highest BCUT2D eigenvalue weighted by Gasteiger charge is 2.53. The van der Waals surface area contributed by atoms with Crippen molar-refractivity contribution >= 4 is 12.0 Å². The monoisotopic (exact) mass is 348 g/mol. The number of urea groups is 1. The van der Waals surface area contributed by atoms with Gasteiger partial charge < -0.3 is 15.3 Å². The van der Waals surface area contributed by atoms with Crippen molar-refractivity contribution in [3.05, 3.63) is 17.5 Å². The maximum atomic E-state index is 12.9. The van der Waals surface area contributed by atoms with E-state index in [9.17, 15) is 22.8 Å². The number of rotatable bonds is 5. The van der Waals surface area contributed by atoms with Gasteiger partial charge in [-0.3, -0.25) is 9.89 Å². The highest BCUT2D eigenvalue weighted by atomic mass is 19.4. The minimum atomic E-state index is -4.64. The number of carboxylic acid groups (broad SMARTS) is 1. The van der Waals surface area contributed by atoms with Gasteiger partial charge in [-0.25, -0.2) is 4.79 Å². The molecule has 1 aromatic rings. The fraction of sp³-hybridized carbons (Fsp3) is 0.643. The standard InChI is InChI=1S/C14H19F3N4O3/c1-8-9(5-19-20-8)3-2-4-18-13(24)21-6-10(12(22)23)11(7-21)14(15,16)17/h5,10-11H,2-4,6-7H2,1H3,(H,18,24)(H,19,20)(H,22,23)/t10-,11-/m1/s1. The number of carboxylic acids is 1. The van der Waals surface area contributed by atoms with Crippen LogP contribution in [0.5, 0.6) is 0 Å². The Morgan fingerprint density at radius 2 is 2.17 bits per heavy atom. The van der Waals surface area contributed by atoms with Gasteiger partial charge in [0.2, 0.25) is 0 Å². The average molecular weight is 348 g/mol. The first-order valence-electron chi connectivity index (χ1n) is 7.51. The maximum absolute atomic E-state index is 12.9. The third kappa shape index (κ3) is 4.18. The van der Waals surface area contributed by atoms with Gasteiger partial charge in [0.25, 0.3) is 0 Å². The molecule has 0 spiro atoms. The fourth-order valence-electron chi connectivity index (χ4n) is 2.77. The van der Waals surface area contributed by atoms with E-state index in [4.69, 9.17) is 5.11 Å². The molecule has 0 aromatic carbocycles. The Labute approximate surface area is 136 Å². The summed E-state index contributed by atoms with van der Waals surface area (Å²) < 4.78 is 38.6. The number of halogens is 3. The topological polar surface area (TPSA) is 98.3 Å². The van der Waals surface area contributed by atoms with Crippen LogP contribution in [0.15, 0.2) is 6.20 Å². The van der Waals surface area contributed by atoms with E-state index in [1.807, 2.05) is 6.92 Å². The Morgan fingerprint density at radius 1 is 1.46 bits per heavy atom. The van der Waals surface area contributed by atoms with Crippen LogP contribution in [-0.4, -0.2) is 58.0 Å². The highest BCUT2D eigenvalue weighted by Crippen LogP contribution is 2.37. The molecule has 24 heavy (non-hydrogen) atoms. The first-order chi connectivity index (χ1) is 11.2. The van der Waals surface area contributed by atoms with Gasteiger partial charge in [-0.1, -0.05) is 0 Å². The number of amides is 2. The summed E-state index contributed by atoms with van der Waals surface area (Å²) in [6.07, 6.45) is -1.68. The zero-order valence-electron chi connectivity index (χ0n) is 13.1. The number of alkyl halides is 3.